The smallest absolute Gasteiger partial charge is 0.244 e. The van der Waals surface area contributed by atoms with Gasteiger partial charge in [0.1, 0.15) is 5.82 Å². The third-order valence-corrected chi connectivity index (χ3v) is 2.71. The molecule has 0 aliphatic heterocycles. The lowest BCUT2D eigenvalue weighted by Gasteiger charge is -2.22. The summed E-state index contributed by atoms with van der Waals surface area (Å²) in [5.41, 5.74) is 5.68. The molecule has 1 atom stereocenters. The van der Waals surface area contributed by atoms with Gasteiger partial charge in [-0.1, -0.05) is 19.1 Å². The van der Waals surface area contributed by atoms with E-state index in [0.29, 0.717) is 12.0 Å². The maximum Gasteiger partial charge on any atom is 0.244 e. The Balaban J connectivity index is 2.94. The zero-order chi connectivity index (χ0) is 12.3. The number of halogens is 1. The molecule has 1 amide bonds. The SMILES string of the molecule is CCC(C)(N)C(=O)Nc1c(C)cccc1F. The number of hydrogen-bond donors (Lipinski definition) is 2. The quantitative estimate of drug-likeness (QED) is 0.827. The number of amides is 1. The first-order chi connectivity index (χ1) is 7.38. The van der Waals surface area contributed by atoms with Crippen molar-refractivity contribution in [3.8, 4) is 0 Å². The molecule has 0 aliphatic carbocycles. The Hall–Kier alpha value is -1.42. The van der Waals surface area contributed by atoms with Gasteiger partial charge in [-0.05, 0) is 31.9 Å². The molecule has 0 saturated carbocycles. The van der Waals surface area contributed by atoms with Crippen LogP contribution >= 0.6 is 0 Å². The first-order valence-corrected chi connectivity index (χ1v) is 5.24. The fraction of sp³-hybridized carbons (Fsp3) is 0.417. The molecule has 88 valence electrons. The normalized spacial score (nSPS) is 14.3. The van der Waals surface area contributed by atoms with Gasteiger partial charge in [0, 0.05) is 0 Å². The second kappa shape index (κ2) is 4.61. The molecular weight excluding hydrogens is 207 g/mol. The molecule has 0 aromatic heterocycles. The highest BCUT2D eigenvalue weighted by atomic mass is 19.1. The van der Waals surface area contributed by atoms with Crippen LogP contribution in [0.1, 0.15) is 25.8 Å². The largest absolute Gasteiger partial charge is 0.322 e. The molecule has 1 unspecified atom stereocenters. The summed E-state index contributed by atoms with van der Waals surface area (Å²) in [7, 11) is 0. The predicted molar refractivity (Wildman–Crippen MR) is 62.7 cm³/mol. The van der Waals surface area contributed by atoms with E-state index in [-0.39, 0.29) is 11.6 Å². The third-order valence-electron chi connectivity index (χ3n) is 2.71. The van der Waals surface area contributed by atoms with E-state index in [1.165, 1.54) is 6.07 Å². The lowest BCUT2D eigenvalue weighted by molar-refractivity contribution is -0.120. The average molecular weight is 224 g/mol. The van der Waals surface area contributed by atoms with Crippen LogP contribution in [0.4, 0.5) is 10.1 Å². The van der Waals surface area contributed by atoms with Crippen LogP contribution in [0.15, 0.2) is 18.2 Å². The number of rotatable bonds is 3. The minimum absolute atomic E-state index is 0.206. The van der Waals surface area contributed by atoms with E-state index in [1.54, 1.807) is 26.0 Å². The maximum absolute atomic E-state index is 13.4. The molecule has 0 bridgehead atoms. The van der Waals surface area contributed by atoms with Crippen molar-refractivity contribution in [2.45, 2.75) is 32.7 Å². The van der Waals surface area contributed by atoms with Crippen molar-refractivity contribution < 1.29 is 9.18 Å². The minimum atomic E-state index is -0.977. The van der Waals surface area contributed by atoms with Crippen LogP contribution < -0.4 is 11.1 Å². The van der Waals surface area contributed by atoms with E-state index in [2.05, 4.69) is 5.32 Å². The van der Waals surface area contributed by atoms with Crippen LogP contribution in [-0.2, 0) is 4.79 Å². The summed E-state index contributed by atoms with van der Waals surface area (Å²) < 4.78 is 13.4. The lowest BCUT2D eigenvalue weighted by atomic mass is 9.99. The Labute approximate surface area is 94.8 Å². The van der Waals surface area contributed by atoms with Gasteiger partial charge in [-0.2, -0.15) is 0 Å². The van der Waals surface area contributed by atoms with Crippen LogP contribution in [0.5, 0.6) is 0 Å². The highest BCUT2D eigenvalue weighted by Gasteiger charge is 2.26. The van der Waals surface area contributed by atoms with E-state index in [0.717, 1.165) is 0 Å². The summed E-state index contributed by atoms with van der Waals surface area (Å²) in [6.07, 6.45) is 0.492. The second-order valence-electron chi connectivity index (χ2n) is 4.16. The van der Waals surface area contributed by atoms with Crippen LogP contribution in [0, 0.1) is 12.7 Å². The van der Waals surface area contributed by atoms with Crippen LogP contribution in [0.25, 0.3) is 0 Å². The van der Waals surface area contributed by atoms with Crippen molar-refractivity contribution in [1.82, 2.24) is 0 Å². The summed E-state index contributed by atoms with van der Waals surface area (Å²) in [6, 6.07) is 4.64. The van der Waals surface area contributed by atoms with Gasteiger partial charge in [0.25, 0.3) is 0 Å². The molecule has 0 saturated heterocycles. The summed E-state index contributed by atoms with van der Waals surface area (Å²) in [5.74, 6) is -0.816. The number of nitrogens with one attached hydrogen (secondary N) is 1. The van der Waals surface area contributed by atoms with Gasteiger partial charge < -0.3 is 11.1 Å². The molecule has 4 heteroatoms. The molecule has 1 rings (SSSR count). The fourth-order valence-corrected chi connectivity index (χ4v) is 1.21. The van der Waals surface area contributed by atoms with E-state index in [4.69, 9.17) is 5.73 Å². The number of anilines is 1. The van der Waals surface area contributed by atoms with Gasteiger partial charge in [-0.25, -0.2) is 4.39 Å². The van der Waals surface area contributed by atoms with Gasteiger partial charge >= 0.3 is 0 Å². The van der Waals surface area contributed by atoms with Crippen LogP contribution in [0.2, 0.25) is 0 Å². The molecule has 0 heterocycles. The van der Waals surface area contributed by atoms with Gasteiger partial charge in [-0.3, -0.25) is 4.79 Å². The summed E-state index contributed by atoms with van der Waals surface area (Å²) >= 11 is 0. The summed E-state index contributed by atoms with van der Waals surface area (Å²) in [4.78, 5) is 11.8. The predicted octanol–water partition coefficient (Wildman–Crippen LogP) is 2.20. The average Bonchev–Trinajstić information content (AvgIpc) is 2.23. The number of carbonyl (C=O) groups is 1. The first kappa shape index (κ1) is 12.6. The van der Waals surface area contributed by atoms with E-state index < -0.39 is 11.4 Å². The Morgan fingerprint density at radius 2 is 2.19 bits per heavy atom. The van der Waals surface area contributed by atoms with Crippen LogP contribution in [-0.4, -0.2) is 11.4 Å². The lowest BCUT2D eigenvalue weighted by Crippen LogP contribution is -2.48. The zero-order valence-electron chi connectivity index (χ0n) is 9.80. The molecule has 0 fully saturated rings. The van der Waals surface area contributed by atoms with Crippen molar-refractivity contribution in [2.75, 3.05) is 5.32 Å². The number of nitrogens with two attached hydrogens (primary N) is 1. The standard InChI is InChI=1S/C12H17FN2O/c1-4-12(3,14)11(16)15-10-8(2)6-5-7-9(10)13/h5-7H,4,14H2,1-3H3,(H,15,16). The van der Waals surface area contributed by atoms with Crippen molar-refractivity contribution >= 4 is 11.6 Å². The second-order valence-corrected chi connectivity index (χ2v) is 4.16. The molecule has 0 aliphatic rings. The molecule has 3 N–H and O–H groups in total. The number of aryl methyl sites for hydroxylation is 1. The number of carbonyl (C=O) groups excluding carboxylic acids is 1. The van der Waals surface area contributed by atoms with Gasteiger partial charge in [-0.15, -0.1) is 0 Å². The highest BCUT2D eigenvalue weighted by molar-refractivity contribution is 5.98. The molecule has 1 aromatic rings. The summed E-state index contributed by atoms with van der Waals surface area (Å²) in [6.45, 7) is 5.17. The summed E-state index contributed by atoms with van der Waals surface area (Å²) in [5, 5.41) is 2.53. The molecule has 3 nitrogen and oxygen atoms in total. The van der Waals surface area contributed by atoms with Crippen molar-refractivity contribution in [1.29, 1.82) is 0 Å². The molecule has 1 aromatic carbocycles. The van der Waals surface area contributed by atoms with Crippen molar-refractivity contribution in [3.63, 3.8) is 0 Å². The minimum Gasteiger partial charge on any atom is -0.322 e. The number of hydrogen-bond acceptors (Lipinski definition) is 2. The Morgan fingerprint density at radius 3 is 2.69 bits per heavy atom. The van der Waals surface area contributed by atoms with Gasteiger partial charge in [0.05, 0.1) is 11.2 Å². The number of para-hydroxylation sites is 1. The Morgan fingerprint density at radius 1 is 1.56 bits per heavy atom. The first-order valence-electron chi connectivity index (χ1n) is 5.24. The van der Waals surface area contributed by atoms with Gasteiger partial charge in [0.2, 0.25) is 5.91 Å². The van der Waals surface area contributed by atoms with E-state index >= 15 is 0 Å². The Kier molecular flexibility index (Phi) is 3.65. The number of benzene rings is 1. The van der Waals surface area contributed by atoms with Gasteiger partial charge in [0.15, 0.2) is 0 Å². The third kappa shape index (κ3) is 2.58. The molecular formula is C12H17FN2O. The van der Waals surface area contributed by atoms with E-state index in [1.807, 2.05) is 6.92 Å². The highest BCUT2D eigenvalue weighted by Crippen LogP contribution is 2.20. The molecule has 0 radical (unpaired) electrons. The fourth-order valence-electron chi connectivity index (χ4n) is 1.21. The van der Waals surface area contributed by atoms with Crippen molar-refractivity contribution in [3.05, 3.63) is 29.6 Å². The Bertz CT molecular complexity index is 382. The van der Waals surface area contributed by atoms with Crippen molar-refractivity contribution in [2.24, 2.45) is 5.73 Å². The monoisotopic (exact) mass is 224 g/mol. The zero-order valence-corrected chi connectivity index (χ0v) is 9.80. The topological polar surface area (TPSA) is 55.1 Å². The molecule has 0 spiro atoms. The molecule has 16 heavy (non-hydrogen) atoms. The van der Waals surface area contributed by atoms with E-state index in [9.17, 15) is 9.18 Å². The van der Waals surface area contributed by atoms with Crippen LogP contribution in [0.3, 0.4) is 0 Å². The maximum atomic E-state index is 13.4.